The zero-order valence-electron chi connectivity index (χ0n) is 5.91. The van der Waals surface area contributed by atoms with Gasteiger partial charge in [0.2, 0.25) is 0 Å². The Balaban J connectivity index is 2.80. The predicted molar refractivity (Wildman–Crippen MR) is 37.3 cm³/mol. The van der Waals surface area contributed by atoms with E-state index < -0.39 is 0 Å². The van der Waals surface area contributed by atoms with Crippen LogP contribution in [0.3, 0.4) is 0 Å². The predicted octanol–water partition coefficient (Wildman–Crippen LogP) is 0.531. The van der Waals surface area contributed by atoms with Crippen molar-refractivity contribution in [3.63, 3.8) is 0 Å². The third-order valence-corrected chi connectivity index (χ3v) is 1.26. The highest BCUT2D eigenvalue weighted by atomic mass is 16.3. The van der Waals surface area contributed by atoms with E-state index in [2.05, 4.69) is 9.97 Å². The fourth-order valence-corrected chi connectivity index (χ4v) is 0.646. The summed E-state index contributed by atoms with van der Waals surface area (Å²) in [6.45, 7) is 2.01. The van der Waals surface area contributed by atoms with Gasteiger partial charge in [-0.15, -0.1) is 0 Å². The molecule has 1 rings (SSSR count). The molecule has 0 unspecified atom stereocenters. The molecular formula is C7H10N2O. The molecule has 0 saturated carbocycles. The minimum atomic E-state index is 0.0179. The van der Waals surface area contributed by atoms with Crippen LogP contribution in [-0.2, 0) is 13.0 Å². The summed E-state index contributed by atoms with van der Waals surface area (Å²) < 4.78 is 0. The Labute approximate surface area is 59.8 Å². The first-order chi connectivity index (χ1) is 4.86. The Morgan fingerprint density at radius 1 is 1.40 bits per heavy atom. The highest BCUT2D eigenvalue weighted by Crippen LogP contribution is 1.95. The van der Waals surface area contributed by atoms with Crippen molar-refractivity contribution in [1.82, 2.24) is 9.97 Å². The first-order valence-electron chi connectivity index (χ1n) is 3.27. The van der Waals surface area contributed by atoms with E-state index in [1.807, 2.05) is 6.92 Å². The van der Waals surface area contributed by atoms with Gasteiger partial charge in [-0.05, 0) is 0 Å². The van der Waals surface area contributed by atoms with Crippen LogP contribution in [-0.4, -0.2) is 15.1 Å². The van der Waals surface area contributed by atoms with E-state index in [1.54, 1.807) is 12.4 Å². The highest BCUT2D eigenvalue weighted by Gasteiger charge is 1.91. The fourth-order valence-electron chi connectivity index (χ4n) is 0.646. The van der Waals surface area contributed by atoms with Gasteiger partial charge < -0.3 is 5.11 Å². The standard InChI is InChI=1S/C7H10N2O/c1-2-7-8-3-6(5-10)4-9-7/h3-4,10H,2,5H2,1H3. The summed E-state index contributed by atoms with van der Waals surface area (Å²) in [6.07, 6.45) is 4.13. The molecule has 0 amide bonds. The smallest absolute Gasteiger partial charge is 0.127 e. The van der Waals surface area contributed by atoms with Gasteiger partial charge in [0.15, 0.2) is 0 Å². The van der Waals surface area contributed by atoms with Gasteiger partial charge in [-0.3, -0.25) is 0 Å². The highest BCUT2D eigenvalue weighted by molar-refractivity contribution is 5.03. The van der Waals surface area contributed by atoms with Crippen LogP contribution >= 0.6 is 0 Å². The summed E-state index contributed by atoms with van der Waals surface area (Å²) in [6, 6.07) is 0. The van der Waals surface area contributed by atoms with E-state index in [-0.39, 0.29) is 6.61 Å². The van der Waals surface area contributed by atoms with Gasteiger partial charge in [0, 0.05) is 24.4 Å². The molecule has 0 bridgehead atoms. The number of aliphatic hydroxyl groups excluding tert-OH is 1. The molecule has 0 radical (unpaired) electrons. The number of aromatic nitrogens is 2. The average Bonchev–Trinajstić information content (AvgIpc) is 2.05. The normalized spacial score (nSPS) is 9.80. The molecule has 0 aliphatic rings. The molecule has 54 valence electrons. The van der Waals surface area contributed by atoms with Crippen LogP contribution in [0.4, 0.5) is 0 Å². The zero-order chi connectivity index (χ0) is 7.40. The van der Waals surface area contributed by atoms with Crippen molar-refractivity contribution in [3.05, 3.63) is 23.8 Å². The van der Waals surface area contributed by atoms with Crippen LogP contribution in [0.15, 0.2) is 12.4 Å². The summed E-state index contributed by atoms with van der Waals surface area (Å²) in [7, 11) is 0. The van der Waals surface area contributed by atoms with Crippen LogP contribution in [0.5, 0.6) is 0 Å². The molecule has 0 aromatic carbocycles. The molecule has 1 N–H and O–H groups in total. The number of aliphatic hydroxyl groups is 1. The second kappa shape index (κ2) is 3.27. The largest absolute Gasteiger partial charge is 0.392 e. The zero-order valence-corrected chi connectivity index (χ0v) is 5.91. The van der Waals surface area contributed by atoms with E-state index in [4.69, 9.17) is 5.11 Å². The summed E-state index contributed by atoms with van der Waals surface area (Å²) in [4.78, 5) is 7.99. The Morgan fingerprint density at radius 3 is 2.40 bits per heavy atom. The molecule has 0 atom stereocenters. The summed E-state index contributed by atoms with van der Waals surface area (Å²) in [5.74, 6) is 0.817. The molecule has 0 aliphatic carbocycles. The topological polar surface area (TPSA) is 46.0 Å². The number of aryl methyl sites for hydroxylation is 1. The minimum absolute atomic E-state index is 0.0179. The molecule has 0 fully saturated rings. The molecule has 1 aromatic rings. The average molecular weight is 138 g/mol. The third kappa shape index (κ3) is 1.51. The number of nitrogens with zero attached hydrogens (tertiary/aromatic N) is 2. The molecule has 0 saturated heterocycles. The number of rotatable bonds is 2. The summed E-state index contributed by atoms with van der Waals surface area (Å²) in [5.41, 5.74) is 0.761. The molecule has 3 nitrogen and oxygen atoms in total. The third-order valence-electron chi connectivity index (χ3n) is 1.26. The van der Waals surface area contributed by atoms with E-state index in [0.29, 0.717) is 0 Å². The van der Waals surface area contributed by atoms with Gasteiger partial charge in [-0.1, -0.05) is 6.92 Å². The molecule has 10 heavy (non-hydrogen) atoms. The maximum atomic E-state index is 8.62. The Morgan fingerprint density at radius 2 is 2.00 bits per heavy atom. The van der Waals surface area contributed by atoms with Crippen molar-refractivity contribution >= 4 is 0 Å². The van der Waals surface area contributed by atoms with E-state index in [9.17, 15) is 0 Å². The molecule has 3 heteroatoms. The first kappa shape index (κ1) is 7.15. The Hall–Kier alpha value is -0.960. The molecule has 1 aromatic heterocycles. The van der Waals surface area contributed by atoms with Crippen molar-refractivity contribution < 1.29 is 5.11 Å². The van der Waals surface area contributed by atoms with Crippen molar-refractivity contribution in [2.75, 3.05) is 0 Å². The summed E-state index contributed by atoms with van der Waals surface area (Å²) >= 11 is 0. The lowest BCUT2D eigenvalue weighted by Crippen LogP contribution is -1.93. The van der Waals surface area contributed by atoms with Crippen LogP contribution in [0.1, 0.15) is 18.3 Å². The second-order valence-corrected chi connectivity index (χ2v) is 2.02. The lowest BCUT2D eigenvalue weighted by Gasteiger charge is -1.95. The fraction of sp³-hybridized carbons (Fsp3) is 0.429. The quantitative estimate of drug-likeness (QED) is 0.648. The van der Waals surface area contributed by atoms with E-state index >= 15 is 0 Å². The van der Waals surface area contributed by atoms with Crippen LogP contribution in [0, 0.1) is 0 Å². The Bertz CT molecular complexity index is 172. The van der Waals surface area contributed by atoms with Gasteiger partial charge in [-0.25, -0.2) is 9.97 Å². The minimum Gasteiger partial charge on any atom is -0.392 e. The monoisotopic (exact) mass is 138 g/mol. The molecule has 1 heterocycles. The molecule has 0 aliphatic heterocycles. The van der Waals surface area contributed by atoms with Crippen LogP contribution in [0.25, 0.3) is 0 Å². The lowest BCUT2D eigenvalue weighted by molar-refractivity contribution is 0.280. The van der Waals surface area contributed by atoms with E-state index in [1.165, 1.54) is 0 Å². The van der Waals surface area contributed by atoms with Crippen molar-refractivity contribution in [2.45, 2.75) is 20.0 Å². The van der Waals surface area contributed by atoms with Crippen molar-refractivity contribution in [3.8, 4) is 0 Å². The van der Waals surface area contributed by atoms with Gasteiger partial charge in [0.05, 0.1) is 6.61 Å². The Kier molecular flexibility index (Phi) is 2.34. The second-order valence-electron chi connectivity index (χ2n) is 2.02. The number of hydrogen-bond donors (Lipinski definition) is 1. The van der Waals surface area contributed by atoms with Gasteiger partial charge in [0.1, 0.15) is 5.82 Å². The SMILES string of the molecule is CCc1ncc(CO)cn1. The lowest BCUT2D eigenvalue weighted by atomic mass is 10.3. The van der Waals surface area contributed by atoms with Crippen molar-refractivity contribution in [2.24, 2.45) is 0 Å². The maximum Gasteiger partial charge on any atom is 0.127 e. The van der Waals surface area contributed by atoms with Crippen molar-refractivity contribution in [1.29, 1.82) is 0 Å². The molecule has 0 spiro atoms. The molecular weight excluding hydrogens is 128 g/mol. The van der Waals surface area contributed by atoms with Crippen LogP contribution < -0.4 is 0 Å². The van der Waals surface area contributed by atoms with Gasteiger partial charge >= 0.3 is 0 Å². The maximum absolute atomic E-state index is 8.62. The van der Waals surface area contributed by atoms with Gasteiger partial charge in [-0.2, -0.15) is 0 Å². The van der Waals surface area contributed by atoms with Gasteiger partial charge in [0.25, 0.3) is 0 Å². The van der Waals surface area contributed by atoms with E-state index in [0.717, 1.165) is 17.8 Å². The van der Waals surface area contributed by atoms with Crippen LogP contribution in [0.2, 0.25) is 0 Å². The number of hydrogen-bond acceptors (Lipinski definition) is 3. The summed E-state index contributed by atoms with van der Waals surface area (Å²) in [5, 5.41) is 8.62. The first-order valence-corrected chi connectivity index (χ1v) is 3.27.